The summed E-state index contributed by atoms with van der Waals surface area (Å²) < 4.78 is 0. The minimum atomic E-state index is -0.637. The summed E-state index contributed by atoms with van der Waals surface area (Å²) in [5.74, 6) is -0.0907. The van der Waals surface area contributed by atoms with Gasteiger partial charge in [-0.2, -0.15) is 0 Å². The van der Waals surface area contributed by atoms with Gasteiger partial charge in [0.15, 0.2) is 0 Å². The van der Waals surface area contributed by atoms with Crippen molar-refractivity contribution >= 4 is 23.6 Å². The van der Waals surface area contributed by atoms with Crippen molar-refractivity contribution in [1.82, 2.24) is 25.3 Å². The van der Waals surface area contributed by atoms with Gasteiger partial charge in [-0.05, 0) is 44.6 Å². The zero-order valence-electron chi connectivity index (χ0n) is 25.4. The monoisotopic (exact) mass is 564 g/mol. The Morgan fingerprint density at radius 1 is 0.975 bits per heavy atom. The third-order valence-corrected chi connectivity index (χ3v) is 8.53. The Hall–Kier alpha value is -2.20. The second-order valence-electron chi connectivity index (χ2n) is 11.6. The van der Waals surface area contributed by atoms with Gasteiger partial charge < -0.3 is 31.1 Å². The van der Waals surface area contributed by atoms with Gasteiger partial charge in [-0.1, -0.05) is 58.8 Å². The molecule has 10 heteroatoms. The maximum atomic E-state index is 13.4. The number of piperazine rings is 2. The molecular weight excluding hydrogens is 508 g/mol. The number of hydrogen-bond acceptors (Lipinski definition) is 6. The summed E-state index contributed by atoms with van der Waals surface area (Å²) in [5, 5.41) is 6.32. The van der Waals surface area contributed by atoms with Gasteiger partial charge in [-0.25, -0.2) is 0 Å². The number of likely N-dealkylation sites (N-methyl/N-ethyl adjacent to an activating group) is 1. The first-order valence-electron chi connectivity index (χ1n) is 15.8. The van der Waals surface area contributed by atoms with Crippen LogP contribution in [0.25, 0.3) is 0 Å². The predicted molar refractivity (Wildman–Crippen MR) is 158 cm³/mol. The first-order valence-corrected chi connectivity index (χ1v) is 15.8. The second-order valence-corrected chi connectivity index (χ2v) is 11.6. The Balaban J connectivity index is 1.66. The van der Waals surface area contributed by atoms with Crippen LogP contribution >= 0.6 is 0 Å². The van der Waals surface area contributed by atoms with Gasteiger partial charge in [-0.15, -0.1) is 0 Å². The van der Waals surface area contributed by atoms with Crippen molar-refractivity contribution in [3.8, 4) is 0 Å². The number of nitrogens with two attached hydrogens (primary N) is 1. The van der Waals surface area contributed by atoms with E-state index in [-0.39, 0.29) is 30.2 Å². The molecule has 40 heavy (non-hydrogen) atoms. The van der Waals surface area contributed by atoms with Crippen molar-refractivity contribution in [2.24, 2.45) is 11.7 Å². The van der Waals surface area contributed by atoms with Crippen LogP contribution in [0.5, 0.6) is 0 Å². The summed E-state index contributed by atoms with van der Waals surface area (Å²) in [7, 11) is 1.69. The minimum Gasteiger partial charge on any atom is -0.354 e. The molecule has 2 fully saturated rings. The van der Waals surface area contributed by atoms with Crippen molar-refractivity contribution in [2.75, 3.05) is 52.9 Å². The third-order valence-electron chi connectivity index (χ3n) is 8.53. The van der Waals surface area contributed by atoms with Crippen LogP contribution in [0.15, 0.2) is 0 Å². The van der Waals surface area contributed by atoms with Crippen LogP contribution in [-0.4, -0.2) is 103 Å². The highest BCUT2D eigenvalue weighted by molar-refractivity contribution is 5.98. The molecule has 0 spiro atoms. The van der Waals surface area contributed by atoms with E-state index in [1.807, 2.05) is 18.7 Å². The topological polar surface area (TPSA) is 128 Å². The molecule has 2 rings (SSSR count). The fourth-order valence-corrected chi connectivity index (χ4v) is 5.71. The molecule has 2 aliphatic heterocycles. The minimum absolute atomic E-state index is 0.0248. The first-order chi connectivity index (χ1) is 19.3. The fourth-order valence-electron chi connectivity index (χ4n) is 5.71. The lowest BCUT2D eigenvalue weighted by molar-refractivity contribution is -0.161. The van der Waals surface area contributed by atoms with E-state index in [2.05, 4.69) is 10.6 Å². The van der Waals surface area contributed by atoms with Crippen molar-refractivity contribution in [3.05, 3.63) is 0 Å². The summed E-state index contributed by atoms with van der Waals surface area (Å²) in [6.07, 6.45) is 12.1. The molecule has 4 amide bonds. The Morgan fingerprint density at radius 2 is 1.60 bits per heavy atom. The van der Waals surface area contributed by atoms with E-state index in [0.717, 1.165) is 90.4 Å². The standard InChI is InChI=1S/C30H56N6O4/c1-4-24(2)28-30(40)36(23-27(38)34(28)3)25(15-12-13-17-31)29(39)33-18-14-10-8-6-5-7-9-11-16-26(37)35-21-19-32-20-22-35/h24-25,28,32H,4-23,31H2,1-3H3,(H,33,39)/t24-,25-,28-/m0/s1. The van der Waals surface area contributed by atoms with E-state index < -0.39 is 12.1 Å². The molecule has 0 aromatic rings. The largest absolute Gasteiger partial charge is 0.354 e. The van der Waals surface area contributed by atoms with Gasteiger partial charge in [0.1, 0.15) is 18.6 Å². The second kappa shape index (κ2) is 19.0. The Bertz CT molecular complexity index is 788. The molecule has 0 saturated carbocycles. The van der Waals surface area contributed by atoms with Crippen LogP contribution in [0.3, 0.4) is 0 Å². The molecule has 230 valence electrons. The summed E-state index contributed by atoms with van der Waals surface area (Å²) in [6.45, 7) is 8.53. The van der Waals surface area contributed by atoms with Crippen LogP contribution in [0.1, 0.15) is 97.3 Å². The van der Waals surface area contributed by atoms with Gasteiger partial charge >= 0.3 is 0 Å². The normalized spacial score (nSPS) is 19.6. The van der Waals surface area contributed by atoms with Gasteiger partial charge in [0, 0.05) is 46.2 Å². The van der Waals surface area contributed by atoms with Gasteiger partial charge in [0.25, 0.3) is 0 Å². The molecule has 0 aliphatic carbocycles. The maximum absolute atomic E-state index is 13.4. The SMILES string of the molecule is CC[C@H](C)[C@H]1C(=O)N([C@@H](CCCCN)C(=O)NCCCCCCCCCCC(=O)N2CCNCC2)CC(=O)N1C. The van der Waals surface area contributed by atoms with Crippen LogP contribution < -0.4 is 16.4 Å². The summed E-state index contributed by atoms with van der Waals surface area (Å²) in [4.78, 5) is 56.6. The average Bonchev–Trinajstić information content (AvgIpc) is 2.96. The Kier molecular flexibility index (Phi) is 16.2. The molecule has 2 saturated heterocycles. The van der Waals surface area contributed by atoms with E-state index in [4.69, 9.17) is 5.73 Å². The lowest BCUT2D eigenvalue weighted by atomic mass is 9.93. The number of carbonyl (C=O) groups excluding carboxylic acids is 4. The maximum Gasteiger partial charge on any atom is 0.246 e. The molecule has 0 bridgehead atoms. The van der Waals surface area contributed by atoms with Crippen LogP contribution in [0.4, 0.5) is 0 Å². The first kappa shape index (κ1) is 34.0. The molecule has 10 nitrogen and oxygen atoms in total. The van der Waals surface area contributed by atoms with Crippen molar-refractivity contribution in [3.63, 3.8) is 0 Å². The summed E-state index contributed by atoms with van der Waals surface area (Å²) in [5.41, 5.74) is 5.67. The molecule has 3 atom stereocenters. The van der Waals surface area contributed by atoms with Crippen LogP contribution in [-0.2, 0) is 19.2 Å². The molecule has 0 aromatic heterocycles. The van der Waals surface area contributed by atoms with Gasteiger partial charge in [0.2, 0.25) is 23.6 Å². The number of nitrogens with zero attached hydrogens (tertiary/aromatic N) is 3. The number of nitrogens with one attached hydrogen (secondary N) is 2. The van der Waals surface area contributed by atoms with E-state index in [9.17, 15) is 19.2 Å². The third kappa shape index (κ3) is 11.0. The van der Waals surface area contributed by atoms with Crippen molar-refractivity contribution in [1.29, 1.82) is 0 Å². The highest BCUT2D eigenvalue weighted by Gasteiger charge is 2.43. The zero-order valence-corrected chi connectivity index (χ0v) is 25.4. The zero-order chi connectivity index (χ0) is 29.3. The summed E-state index contributed by atoms with van der Waals surface area (Å²) in [6, 6.07) is -1.16. The van der Waals surface area contributed by atoms with Crippen LogP contribution in [0, 0.1) is 5.92 Å². The van der Waals surface area contributed by atoms with E-state index >= 15 is 0 Å². The fraction of sp³-hybridized carbons (Fsp3) is 0.867. The molecule has 0 radical (unpaired) electrons. The number of unbranched alkanes of at least 4 members (excludes halogenated alkanes) is 8. The number of rotatable bonds is 19. The van der Waals surface area contributed by atoms with Crippen molar-refractivity contribution in [2.45, 2.75) is 109 Å². The predicted octanol–water partition coefficient (Wildman–Crippen LogP) is 2.26. The number of hydrogen-bond donors (Lipinski definition) is 3. The highest BCUT2D eigenvalue weighted by atomic mass is 16.2. The smallest absolute Gasteiger partial charge is 0.246 e. The van der Waals surface area contributed by atoms with Crippen molar-refractivity contribution < 1.29 is 19.2 Å². The Morgan fingerprint density at radius 3 is 2.23 bits per heavy atom. The molecule has 2 heterocycles. The molecule has 2 aliphatic rings. The number of amides is 4. The van der Waals surface area contributed by atoms with E-state index in [1.165, 1.54) is 11.3 Å². The lowest BCUT2D eigenvalue weighted by Crippen LogP contribution is -2.64. The van der Waals surface area contributed by atoms with Gasteiger partial charge in [-0.3, -0.25) is 19.2 Å². The quantitative estimate of drug-likeness (QED) is 0.207. The molecule has 0 aromatic carbocycles. The Labute approximate surface area is 242 Å². The highest BCUT2D eigenvalue weighted by Crippen LogP contribution is 2.24. The van der Waals surface area contributed by atoms with E-state index in [0.29, 0.717) is 31.8 Å². The summed E-state index contributed by atoms with van der Waals surface area (Å²) >= 11 is 0. The van der Waals surface area contributed by atoms with Crippen LogP contribution in [0.2, 0.25) is 0 Å². The number of carbonyl (C=O) groups is 4. The molecule has 4 N–H and O–H groups in total. The molecular formula is C30H56N6O4. The lowest BCUT2D eigenvalue weighted by Gasteiger charge is -2.43. The van der Waals surface area contributed by atoms with Gasteiger partial charge in [0.05, 0.1) is 0 Å². The average molecular weight is 565 g/mol. The molecule has 0 unspecified atom stereocenters. The van der Waals surface area contributed by atoms with E-state index in [1.54, 1.807) is 11.9 Å².